The molecule has 0 bridgehead atoms. The lowest BCUT2D eigenvalue weighted by molar-refractivity contribution is -0.158. The second kappa shape index (κ2) is 7.73. The number of hydrogen-bond donors (Lipinski definition) is 2. The third-order valence-electron chi connectivity index (χ3n) is 3.78. The van der Waals surface area contributed by atoms with Crippen molar-refractivity contribution < 1.29 is 24.2 Å². The quantitative estimate of drug-likeness (QED) is 0.813. The Balaban J connectivity index is 1.98. The number of nitrogens with zero attached hydrogens (tertiary/aromatic N) is 1. The van der Waals surface area contributed by atoms with Crippen LogP contribution >= 0.6 is 0 Å². The maximum Gasteiger partial charge on any atom is 0.328 e. The van der Waals surface area contributed by atoms with E-state index in [1.807, 2.05) is 6.07 Å². The highest BCUT2D eigenvalue weighted by molar-refractivity contribution is 5.94. The van der Waals surface area contributed by atoms with E-state index >= 15 is 0 Å². The number of carbonyl (C=O) groups excluding carboxylic acids is 2. The lowest BCUT2D eigenvalue weighted by atomic mass is 10.0. The van der Waals surface area contributed by atoms with E-state index in [0.717, 1.165) is 5.56 Å². The summed E-state index contributed by atoms with van der Waals surface area (Å²) in [7, 11) is 1.56. The molecule has 2 amide bonds. The van der Waals surface area contributed by atoms with Gasteiger partial charge in [-0.2, -0.15) is 0 Å². The van der Waals surface area contributed by atoms with Gasteiger partial charge in [0, 0.05) is 25.6 Å². The van der Waals surface area contributed by atoms with E-state index in [0.29, 0.717) is 18.6 Å². The molecule has 1 aromatic rings. The summed E-state index contributed by atoms with van der Waals surface area (Å²) in [5.74, 6) is -1.46. The number of benzene rings is 1. The lowest BCUT2D eigenvalue weighted by Crippen LogP contribution is -2.52. The van der Waals surface area contributed by atoms with E-state index in [4.69, 9.17) is 9.84 Å². The molecular formula is C16H20N2O5. The molecule has 1 aromatic carbocycles. The third-order valence-corrected chi connectivity index (χ3v) is 3.78. The minimum atomic E-state index is -1.06. The summed E-state index contributed by atoms with van der Waals surface area (Å²) in [6.45, 7) is 0.656. The Labute approximate surface area is 134 Å². The van der Waals surface area contributed by atoms with Crippen molar-refractivity contribution in [3.05, 3.63) is 35.4 Å². The number of hydrogen-bond acceptors (Lipinski definition) is 4. The molecule has 7 nitrogen and oxygen atoms in total. The van der Waals surface area contributed by atoms with Crippen molar-refractivity contribution in [3.8, 4) is 0 Å². The van der Waals surface area contributed by atoms with Crippen LogP contribution in [0.5, 0.6) is 0 Å². The Morgan fingerprint density at radius 2 is 2.17 bits per heavy atom. The molecule has 2 rings (SSSR count). The van der Waals surface area contributed by atoms with Gasteiger partial charge in [-0.05, 0) is 24.1 Å². The van der Waals surface area contributed by atoms with Crippen LogP contribution < -0.4 is 5.32 Å². The summed E-state index contributed by atoms with van der Waals surface area (Å²) in [6, 6.07) is 6.12. The van der Waals surface area contributed by atoms with Crippen LogP contribution in [0.2, 0.25) is 0 Å². The highest BCUT2D eigenvalue weighted by Gasteiger charge is 2.32. The Kier molecular flexibility index (Phi) is 5.70. The van der Waals surface area contributed by atoms with Gasteiger partial charge in [0.1, 0.15) is 0 Å². The summed E-state index contributed by atoms with van der Waals surface area (Å²) < 4.78 is 5.12. The smallest absolute Gasteiger partial charge is 0.328 e. The fourth-order valence-electron chi connectivity index (χ4n) is 2.51. The number of morpholine rings is 1. The highest BCUT2D eigenvalue weighted by atomic mass is 16.5. The number of aliphatic carboxylic acids is 1. The van der Waals surface area contributed by atoms with Crippen LogP contribution in [0.25, 0.3) is 0 Å². The van der Waals surface area contributed by atoms with Gasteiger partial charge in [-0.1, -0.05) is 12.1 Å². The molecule has 1 atom stereocenters. The molecule has 7 heteroatoms. The van der Waals surface area contributed by atoms with Crippen LogP contribution in [0.1, 0.15) is 22.3 Å². The van der Waals surface area contributed by atoms with Gasteiger partial charge in [-0.25, -0.2) is 4.79 Å². The van der Waals surface area contributed by atoms with Crippen LogP contribution in [0.3, 0.4) is 0 Å². The zero-order chi connectivity index (χ0) is 16.8. The van der Waals surface area contributed by atoms with Crippen LogP contribution in [0.15, 0.2) is 24.3 Å². The van der Waals surface area contributed by atoms with Gasteiger partial charge >= 0.3 is 5.97 Å². The van der Waals surface area contributed by atoms with Crippen molar-refractivity contribution in [1.82, 2.24) is 10.2 Å². The third kappa shape index (κ3) is 4.29. The molecule has 124 valence electrons. The summed E-state index contributed by atoms with van der Waals surface area (Å²) >= 11 is 0. The number of ether oxygens (including phenoxy) is 1. The van der Waals surface area contributed by atoms with Crippen molar-refractivity contribution in [1.29, 1.82) is 0 Å². The summed E-state index contributed by atoms with van der Waals surface area (Å²) in [6.07, 6.45) is 0.647. The fourth-order valence-corrected chi connectivity index (χ4v) is 2.51. The summed E-state index contributed by atoms with van der Waals surface area (Å²) in [5.41, 5.74) is 1.40. The number of carboxylic acid groups (broad SMARTS) is 1. The first-order valence-electron chi connectivity index (χ1n) is 7.44. The molecule has 1 unspecified atom stereocenters. The Hall–Kier alpha value is -2.41. The summed E-state index contributed by atoms with van der Waals surface area (Å²) in [5, 5.41) is 11.7. The van der Waals surface area contributed by atoms with E-state index in [1.165, 1.54) is 4.90 Å². The van der Waals surface area contributed by atoms with Gasteiger partial charge in [0.25, 0.3) is 5.91 Å². The van der Waals surface area contributed by atoms with Crippen molar-refractivity contribution in [2.24, 2.45) is 0 Å². The molecule has 0 radical (unpaired) electrons. The molecule has 0 aromatic heterocycles. The lowest BCUT2D eigenvalue weighted by Gasteiger charge is -2.32. The second-order valence-electron chi connectivity index (χ2n) is 5.30. The standard InChI is InChI=1S/C16H20N2O5/c1-17-15(20)12-4-2-3-11(9-12)5-6-14(19)18-7-8-23-10-13(18)16(21)22/h2-4,9,13H,5-8,10H2,1H3,(H,17,20)(H,21,22). The predicted octanol–water partition coefficient (Wildman–Crippen LogP) is 0.291. The molecule has 0 saturated carbocycles. The average Bonchev–Trinajstić information content (AvgIpc) is 2.59. The first-order chi connectivity index (χ1) is 11.0. The zero-order valence-electron chi connectivity index (χ0n) is 12.9. The Morgan fingerprint density at radius 1 is 1.39 bits per heavy atom. The minimum Gasteiger partial charge on any atom is -0.480 e. The van der Waals surface area contributed by atoms with Crippen LogP contribution in [-0.4, -0.2) is 60.6 Å². The Morgan fingerprint density at radius 3 is 2.87 bits per heavy atom. The van der Waals surface area contributed by atoms with Crippen molar-refractivity contribution >= 4 is 17.8 Å². The molecule has 1 fully saturated rings. The molecule has 0 aliphatic carbocycles. The van der Waals surface area contributed by atoms with E-state index in [-0.39, 0.29) is 31.4 Å². The SMILES string of the molecule is CNC(=O)c1cccc(CCC(=O)N2CCOCC2C(=O)O)c1. The number of nitrogens with one attached hydrogen (secondary N) is 1. The van der Waals surface area contributed by atoms with E-state index < -0.39 is 12.0 Å². The van der Waals surface area contributed by atoms with Crippen molar-refractivity contribution in [3.63, 3.8) is 0 Å². The van der Waals surface area contributed by atoms with Crippen LogP contribution in [0, 0.1) is 0 Å². The first-order valence-corrected chi connectivity index (χ1v) is 7.44. The predicted molar refractivity (Wildman–Crippen MR) is 82.1 cm³/mol. The molecule has 0 spiro atoms. The molecule has 1 aliphatic rings. The highest BCUT2D eigenvalue weighted by Crippen LogP contribution is 2.13. The fraction of sp³-hybridized carbons (Fsp3) is 0.438. The van der Waals surface area contributed by atoms with Gasteiger partial charge in [-0.3, -0.25) is 9.59 Å². The molecule has 1 saturated heterocycles. The molecule has 2 N–H and O–H groups in total. The average molecular weight is 320 g/mol. The number of rotatable bonds is 5. The zero-order valence-corrected chi connectivity index (χ0v) is 12.9. The molecular weight excluding hydrogens is 300 g/mol. The topological polar surface area (TPSA) is 95.9 Å². The minimum absolute atomic E-state index is 0.0211. The van der Waals surface area contributed by atoms with E-state index in [9.17, 15) is 14.4 Å². The first kappa shape index (κ1) is 17.0. The maximum atomic E-state index is 12.3. The normalized spacial score (nSPS) is 17.6. The van der Waals surface area contributed by atoms with Crippen molar-refractivity contribution in [2.45, 2.75) is 18.9 Å². The monoisotopic (exact) mass is 320 g/mol. The van der Waals surface area contributed by atoms with Crippen molar-refractivity contribution in [2.75, 3.05) is 26.8 Å². The van der Waals surface area contributed by atoms with E-state index in [1.54, 1.807) is 25.2 Å². The van der Waals surface area contributed by atoms with E-state index in [2.05, 4.69) is 5.32 Å². The van der Waals surface area contributed by atoms with Crippen LogP contribution in [-0.2, 0) is 20.7 Å². The number of amides is 2. The summed E-state index contributed by atoms with van der Waals surface area (Å²) in [4.78, 5) is 36.4. The van der Waals surface area contributed by atoms with Gasteiger partial charge in [0.2, 0.25) is 5.91 Å². The molecule has 1 aliphatic heterocycles. The van der Waals surface area contributed by atoms with Crippen LogP contribution in [0.4, 0.5) is 0 Å². The van der Waals surface area contributed by atoms with Gasteiger partial charge in [0.05, 0.1) is 13.2 Å². The Bertz CT molecular complexity index is 602. The largest absolute Gasteiger partial charge is 0.480 e. The number of carbonyl (C=O) groups is 3. The maximum absolute atomic E-state index is 12.3. The molecule has 1 heterocycles. The number of carboxylic acids is 1. The number of aryl methyl sites for hydroxylation is 1. The van der Waals surface area contributed by atoms with Gasteiger partial charge in [0.15, 0.2) is 6.04 Å². The van der Waals surface area contributed by atoms with Gasteiger partial charge in [-0.15, -0.1) is 0 Å². The van der Waals surface area contributed by atoms with Gasteiger partial charge < -0.3 is 20.1 Å². The second-order valence-corrected chi connectivity index (χ2v) is 5.30. The molecule has 23 heavy (non-hydrogen) atoms.